The Morgan fingerprint density at radius 3 is 1.20 bits per heavy atom. The van der Waals surface area contributed by atoms with Gasteiger partial charge in [0.05, 0.1) is 0 Å². The maximum absolute atomic E-state index is 6.00. The summed E-state index contributed by atoms with van der Waals surface area (Å²) < 4.78 is 0. The molecule has 2 nitrogen and oxygen atoms in total. The molecule has 0 heterocycles. The van der Waals surface area contributed by atoms with Crippen molar-refractivity contribution in [1.82, 2.24) is 0 Å². The fourth-order valence-electron chi connectivity index (χ4n) is 0. The normalized spacial score (nSPS) is 4.80. The molecule has 0 atom stereocenters. The van der Waals surface area contributed by atoms with E-state index in [-0.39, 0.29) is 0 Å². The van der Waals surface area contributed by atoms with Crippen LogP contribution in [-0.2, 0) is 0 Å². The average molecular weight is 96.2 g/mol. The van der Waals surface area contributed by atoms with Gasteiger partial charge in [-0.05, 0) is 12.5 Å². The molecule has 2 N–H and O–H groups in total. The Morgan fingerprint density at radius 2 is 1.20 bits per heavy atom. The molecule has 0 fully saturated rings. The fraction of sp³-hybridized carbons (Fsp3) is 1.00. The molecule has 0 aromatic heterocycles. The van der Waals surface area contributed by atoms with Crippen LogP contribution in [0.5, 0.6) is 0 Å². The first kappa shape index (κ1) is 8.99. The van der Waals surface area contributed by atoms with E-state index in [2.05, 4.69) is 0 Å². The van der Waals surface area contributed by atoms with Gasteiger partial charge < -0.3 is 0 Å². The summed E-state index contributed by atoms with van der Waals surface area (Å²) in [6.45, 7) is 0. The van der Waals surface area contributed by atoms with Crippen molar-refractivity contribution in [2.45, 2.75) is 0 Å². The van der Waals surface area contributed by atoms with Crippen LogP contribution >= 0.6 is 11.8 Å². The maximum atomic E-state index is 6.00. The van der Waals surface area contributed by atoms with Crippen LogP contribution in [0, 0.1) is 0 Å². The zero-order valence-electron chi connectivity index (χ0n) is 3.30. The molecule has 3 heteroatoms. The van der Waals surface area contributed by atoms with Gasteiger partial charge in [-0.15, -0.1) is 0 Å². The van der Waals surface area contributed by atoms with Crippen molar-refractivity contribution in [3.05, 3.63) is 0 Å². The van der Waals surface area contributed by atoms with Crippen LogP contribution in [0.15, 0.2) is 0 Å². The van der Waals surface area contributed by atoms with Gasteiger partial charge >= 0.3 is 0 Å². The largest absolute Gasteiger partial charge is 0.255 e. The Hall–Kier alpha value is 0.270. The molecule has 0 spiro atoms. The molecule has 0 aliphatic carbocycles. The molecule has 0 saturated carbocycles. The molecule has 0 unspecified atom stereocenters. The van der Waals surface area contributed by atoms with Crippen molar-refractivity contribution >= 4 is 11.8 Å². The van der Waals surface area contributed by atoms with Gasteiger partial charge in [-0.3, -0.25) is 10.5 Å². The van der Waals surface area contributed by atoms with Gasteiger partial charge in [0, 0.05) is 0 Å². The van der Waals surface area contributed by atoms with Crippen molar-refractivity contribution in [3.8, 4) is 0 Å². The molecule has 0 saturated heterocycles. The van der Waals surface area contributed by atoms with Gasteiger partial charge in [-0.25, -0.2) is 0 Å². The summed E-state index contributed by atoms with van der Waals surface area (Å²) in [5.74, 6) is 0. The van der Waals surface area contributed by atoms with Gasteiger partial charge in [0.15, 0.2) is 0 Å². The summed E-state index contributed by atoms with van der Waals surface area (Å²) in [4.78, 5) is 0. The quantitative estimate of drug-likeness (QED) is 0.349. The van der Waals surface area contributed by atoms with Crippen LogP contribution in [0.3, 0.4) is 0 Å². The Morgan fingerprint density at radius 1 is 1.20 bits per heavy atom. The minimum atomic E-state index is 1.75. The van der Waals surface area contributed by atoms with Gasteiger partial charge in [0.25, 0.3) is 0 Å². The highest BCUT2D eigenvalue weighted by molar-refractivity contribution is 7.97. The zero-order chi connectivity index (χ0) is 4.71. The molecule has 34 valence electrons. The lowest BCUT2D eigenvalue weighted by molar-refractivity contribution is -0.176. The summed E-state index contributed by atoms with van der Waals surface area (Å²) in [6.07, 6.45) is 4.08. The number of hydrogen-bond acceptors (Lipinski definition) is 3. The maximum Gasteiger partial charge on any atom is -0.0187 e. The van der Waals surface area contributed by atoms with E-state index >= 15 is 0 Å². The van der Waals surface area contributed by atoms with Crippen LogP contribution in [-0.4, -0.2) is 23.0 Å². The van der Waals surface area contributed by atoms with E-state index in [0.29, 0.717) is 0 Å². The van der Waals surface area contributed by atoms with E-state index in [1.165, 1.54) is 0 Å². The van der Waals surface area contributed by atoms with E-state index in [1.54, 1.807) is 11.8 Å². The molecule has 0 aliphatic heterocycles. The fourth-order valence-corrected chi connectivity index (χ4v) is 0. The standard InChI is InChI=1S/C2H6S.H2O2/c1-3-2;1-2/h1-2H3;1-2H. The predicted molar refractivity (Wildman–Crippen MR) is 24.7 cm³/mol. The minimum absolute atomic E-state index is 1.75. The SMILES string of the molecule is CSC.OO. The second kappa shape index (κ2) is 28.3. The minimum Gasteiger partial charge on any atom is -0.255 e. The number of thioether (sulfide) groups is 1. The molecule has 0 aromatic rings. The summed E-state index contributed by atoms with van der Waals surface area (Å²) in [7, 11) is 0. The van der Waals surface area contributed by atoms with Gasteiger partial charge in [-0.2, -0.15) is 11.8 Å². The van der Waals surface area contributed by atoms with Gasteiger partial charge in [0.1, 0.15) is 0 Å². The van der Waals surface area contributed by atoms with Gasteiger partial charge in [0.2, 0.25) is 0 Å². The highest BCUT2D eigenvalue weighted by Gasteiger charge is 1.32. The molecule has 5 heavy (non-hydrogen) atoms. The molecule has 0 aromatic carbocycles. The molecule has 0 rings (SSSR count). The number of hydrogen-bond donors (Lipinski definition) is 2. The first-order chi connectivity index (χ1) is 2.41. The van der Waals surface area contributed by atoms with Crippen molar-refractivity contribution in [3.63, 3.8) is 0 Å². The Balaban J connectivity index is 0. The zero-order valence-corrected chi connectivity index (χ0v) is 4.12. The Kier molecular flexibility index (Phi) is 50.9. The van der Waals surface area contributed by atoms with Crippen molar-refractivity contribution < 1.29 is 10.5 Å². The van der Waals surface area contributed by atoms with Gasteiger partial charge in [-0.1, -0.05) is 0 Å². The Bertz CT molecular complexity index is 7.61. The van der Waals surface area contributed by atoms with Crippen molar-refractivity contribution in [2.24, 2.45) is 0 Å². The van der Waals surface area contributed by atoms with E-state index in [1.807, 2.05) is 12.5 Å². The first-order valence-corrected chi connectivity index (χ1v) is 2.65. The summed E-state index contributed by atoms with van der Waals surface area (Å²) in [6, 6.07) is 0. The van der Waals surface area contributed by atoms with Crippen LogP contribution in [0.4, 0.5) is 0 Å². The average Bonchev–Trinajstić information content (AvgIpc) is 1.46. The lowest BCUT2D eigenvalue weighted by Gasteiger charge is -1.51. The van der Waals surface area contributed by atoms with Crippen LogP contribution < -0.4 is 0 Å². The third kappa shape index (κ3) is 302. The molecule has 0 bridgehead atoms. The lowest BCUT2D eigenvalue weighted by atomic mass is 11.9. The van der Waals surface area contributed by atoms with Crippen LogP contribution in [0.2, 0.25) is 0 Å². The van der Waals surface area contributed by atoms with Crippen molar-refractivity contribution in [1.29, 1.82) is 0 Å². The summed E-state index contributed by atoms with van der Waals surface area (Å²) >= 11 is 1.75. The van der Waals surface area contributed by atoms with E-state index in [4.69, 9.17) is 10.5 Å². The molecular formula is C2H8O2S. The summed E-state index contributed by atoms with van der Waals surface area (Å²) in [5.41, 5.74) is 0. The first-order valence-electron chi connectivity index (χ1n) is 1.02. The van der Waals surface area contributed by atoms with Crippen LogP contribution in [0.25, 0.3) is 0 Å². The summed E-state index contributed by atoms with van der Waals surface area (Å²) in [5, 5.41) is 12.0. The number of rotatable bonds is 0. The van der Waals surface area contributed by atoms with E-state index < -0.39 is 0 Å². The monoisotopic (exact) mass is 96.0 g/mol. The molecule has 0 aliphatic rings. The second-order valence-corrected chi connectivity index (χ2v) is 1.22. The van der Waals surface area contributed by atoms with Crippen LogP contribution in [0.1, 0.15) is 0 Å². The second-order valence-electron chi connectivity index (χ2n) is 0.408. The highest BCUT2D eigenvalue weighted by atomic mass is 32.2. The third-order valence-electron chi connectivity index (χ3n) is 0. The van der Waals surface area contributed by atoms with E-state index in [0.717, 1.165) is 0 Å². The van der Waals surface area contributed by atoms with E-state index in [9.17, 15) is 0 Å². The molecule has 0 amide bonds. The lowest BCUT2D eigenvalue weighted by Crippen LogP contribution is -1.29. The Labute approximate surface area is 35.8 Å². The molecular weight excluding hydrogens is 88.1 g/mol. The topological polar surface area (TPSA) is 40.5 Å². The predicted octanol–water partition coefficient (Wildman–Crippen LogP) is 0.997. The smallest absolute Gasteiger partial charge is 0.0187 e. The van der Waals surface area contributed by atoms with Crippen molar-refractivity contribution in [2.75, 3.05) is 12.5 Å². The third-order valence-corrected chi connectivity index (χ3v) is 0. The highest BCUT2D eigenvalue weighted by Crippen LogP contribution is 1.70. The molecule has 0 radical (unpaired) electrons.